The van der Waals surface area contributed by atoms with Crippen LogP contribution in [0.4, 0.5) is 0 Å². The number of amides is 1. The van der Waals surface area contributed by atoms with E-state index in [1.165, 1.54) is 0 Å². The van der Waals surface area contributed by atoms with Crippen molar-refractivity contribution in [2.75, 3.05) is 19.6 Å². The first-order valence-electron chi connectivity index (χ1n) is 7.77. The Bertz CT molecular complexity index is 718. The molecule has 2 aromatic carbocycles. The fraction of sp³-hybridized carbons (Fsp3) is 0.278. The van der Waals surface area contributed by atoms with E-state index in [1.807, 2.05) is 36.4 Å². The Morgan fingerprint density at radius 1 is 1.16 bits per heavy atom. The number of hydrogen-bond acceptors (Lipinski definition) is 3. The zero-order chi connectivity index (χ0) is 16.9. The average Bonchev–Trinajstić information content (AvgIpc) is 2.51. The second kappa shape index (κ2) is 9.70. The van der Waals surface area contributed by atoms with Gasteiger partial charge in [0.1, 0.15) is 0 Å². The van der Waals surface area contributed by atoms with E-state index in [4.69, 9.17) is 23.2 Å². The van der Waals surface area contributed by atoms with Gasteiger partial charge in [-0.25, -0.2) is 0 Å². The van der Waals surface area contributed by atoms with E-state index in [0.29, 0.717) is 21.5 Å². The van der Waals surface area contributed by atoms with Crippen LogP contribution < -0.4 is 10.6 Å². The van der Waals surface area contributed by atoms with Crippen molar-refractivity contribution in [3.05, 3.63) is 63.6 Å². The quantitative estimate of drug-likeness (QED) is 0.672. The lowest BCUT2D eigenvalue weighted by molar-refractivity contribution is 0.0942. The van der Waals surface area contributed by atoms with Gasteiger partial charge in [-0.3, -0.25) is 4.79 Å². The molecular weight excluding hydrogens is 399 g/mol. The molecule has 1 saturated heterocycles. The lowest BCUT2D eigenvalue weighted by Crippen LogP contribution is -2.48. The summed E-state index contributed by atoms with van der Waals surface area (Å²) in [6.45, 7) is 2.70. The second-order valence-electron chi connectivity index (χ2n) is 5.83. The molecule has 1 aliphatic rings. The molecule has 3 nitrogen and oxygen atoms in total. The van der Waals surface area contributed by atoms with Crippen LogP contribution in [0.3, 0.4) is 0 Å². The Balaban J connectivity index is 0.00000225. The molecule has 1 aliphatic heterocycles. The first-order valence-corrected chi connectivity index (χ1v) is 9.51. The van der Waals surface area contributed by atoms with Crippen LogP contribution in [0, 0.1) is 5.92 Å². The highest BCUT2D eigenvalue weighted by molar-refractivity contribution is 7.98. The van der Waals surface area contributed by atoms with E-state index in [1.54, 1.807) is 17.8 Å². The number of benzene rings is 2. The van der Waals surface area contributed by atoms with Gasteiger partial charge in [-0.15, -0.1) is 24.2 Å². The van der Waals surface area contributed by atoms with Gasteiger partial charge in [-0.1, -0.05) is 35.3 Å². The third kappa shape index (κ3) is 6.08. The Morgan fingerprint density at radius 2 is 1.88 bits per heavy atom. The zero-order valence-electron chi connectivity index (χ0n) is 13.4. The lowest BCUT2D eigenvalue weighted by atomic mass is 10.0. The van der Waals surface area contributed by atoms with Gasteiger partial charge in [-0.05, 0) is 35.9 Å². The third-order valence-electron chi connectivity index (χ3n) is 3.85. The Hall–Kier alpha value is -0.910. The van der Waals surface area contributed by atoms with Crippen LogP contribution in [0.25, 0.3) is 0 Å². The molecule has 0 spiro atoms. The van der Waals surface area contributed by atoms with Gasteiger partial charge in [0.05, 0.1) is 0 Å². The molecule has 0 aliphatic carbocycles. The van der Waals surface area contributed by atoms with Crippen molar-refractivity contribution in [1.82, 2.24) is 10.6 Å². The topological polar surface area (TPSA) is 41.1 Å². The van der Waals surface area contributed by atoms with Gasteiger partial charge in [0.25, 0.3) is 5.91 Å². The molecule has 25 heavy (non-hydrogen) atoms. The van der Waals surface area contributed by atoms with E-state index in [-0.39, 0.29) is 18.3 Å². The maximum atomic E-state index is 12.2. The van der Waals surface area contributed by atoms with Gasteiger partial charge in [0, 0.05) is 51.8 Å². The van der Waals surface area contributed by atoms with Gasteiger partial charge in [0.15, 0.2) is 0 Å². The average molecular weight is 418 g/mol. The van der Waals surface area contributed by atoms with Crippen LogP contribution in [0.15, 0.2) is 47.4 Å². The van der Waals surface area contributed by atoms with Crippen molar-refractivity contribution in [2.24, 2.45) is 5.92 Å². The smallest absolute Gasteiger partial charge is 0.251 e. The van der Waals surface area contributed by atoms with Crippen LogP contribution >= 0.6 is 47.4 Å². The Labute approximate surface area is 168 Å². The molecule has 2 aromatic rings. The first kappa shape index (κ1) is 20.4. The summed E-state index contributed by atoms with van der Waals surface area (Å²) >= 11 is 13.7. The summed E-state index contributed by atoms with van der Waals surface area (Å²) in [7, 11) is 0. The largest absolute Gasteiger partial charge is 0.352 e. The van der Waals surface area contributed by atoms with Crippen LogP contribution in [0.2, 0.25) is 10.0 Å². The predicted octanol–water partition coefficient (Wildman–Crippen LogP) is 4.66. The zero-order valence-corrected chi connectivity index (χ0v) is 16.6. The Kier molecular flexibility index (Phi) is 7.91. The number of carbonyl (C=O) groups excluding carboxylic acids is 1. The van der Waals surface area contributed by atoms with E-state index < -0.39 is 0 Å². The van der Waals surface area contributed by atoms with E-state index in [9.17, 15) is 4.79 Å². The van der Waals surface area contributed by atoms with Crippen LogP contribution in [0.5, 0.6) is 0 Å². The normalized spacial score (nSPS) is 13.7. The number of thioether (sulfide) groups is 1. The third-order valence-corrected chi connectivity index (χ3v) is 5.33. The molecule has 0 saturated carbocycles. The molecule has 3 rings (SSSR count). The van der Waals surface area contributed by atoms with Crippen LogP contribution in [-0.2, 0) is 5.75 Å². The maximum absolute atomic E-state index is 12.2. The van der Waals surface area contributed by atoms with Crippen LogP contribution in [0.1, 0.15) is 15.9 Å². The predicted molar refractivity (Wildman–Crippen MR) is 108 cm³/mol. The molecule has 0 unspecified atom stereocenters. The maximum Gasteiger partial charge on any atom is 0.251 e. The molecule has 2 N–H and O–H groups in total. The lowest BCUT2D eigenvalue weighted by Gasteiger charge is -2.27. The molecule has 0 radical (unpaired) electrons. The van der Waals surface area contributed by atoms with E-state index in [2.05, 4.69) is 10.6 Å². The number of hydrogen-bond donors (Lipinski definition) is 2. The minimum Gasteiger partial charge on any atom is -0.352 e. The van der Waals surface area contributed by atoms with Crippen molar-refractivity contribution in [3.63, 3.8) is 0 Å². The highest BCUT2D eigenvalue weighted by Gasteiger charge is 2.17. The molecule has 1 amide bonds. The Morgan fingerprint density at radius 3 is 2.52 bits per heavy atom. The van der Waals surface area contributed by atoms with Gasteiger partial charge >= 0.3 is 0 Å². The fourth-order valence-corrected chi connectivity index (χ4v) is 4.00. The van der Waals surface area contributed by atoms with E-state index >= 15 is 0 Å². The van der Waals surface area contributed by atoms with Crippen molar-refractivity contribution < 1.29 is 4.79 Å². The standard InChI is InChI=1S/C18H18Cl2N2OS.ClH/c19-15-5-16(20)7-17(6-15)24-11-12-2-1-3-14(4-12)18(23)22-10-13-8-21-9-13;/h1-7,13,21H,8-11H2,(H,22,23);1H. The molecule has 0 bridgehead atoms. The van der Waals surface area contributed by atoms with Crippen LogP contribution in [-0.4, -0.2) is 25.5 Å². The van der Waals surface area contributed by atoms with E-state index in [0.717, 1.165) is 35.8 Å². The summed E-state index contributed by atoms with van der Waals surface area (Å²) in [5.74, 6) is 1.30. The minimum absolute atomic E-state index is 0. The molecule has 1 heterocycles. The molecule has 7 heteroatoms. The summed E-state index contributed by atoms with van der Waals surface area (Å²) in [5, 5.41) is 7.45. The summed E-state index contributed by atoms with van der Waals surface area (Å²) < 4.78 is 0. The van der Waals surface area contributed by atoms with Crippen molar-refractivity contribution in [2.45, 2.75) is 10.6 Å². The molecule has 0 aromatic heterocycles. The number of nitrogens with one attached hydrogen (secondary N) is 2. The van der Waals surface area contributed by atoms with Gasteiger partial charge in [-0.2, -0.15) is 0 Å². The summed E-state index contributed by atoms with van der Waals surface area (Å²) in [5.41, 5.74) is 1.79. The molecule has 0 atom stereocenters. The van der Waals surface area contributed by atoms with Crippen molar-refractivity contribution >= 4 is 53.3 Å². The van der Waals surface area contributed by atoms with Gasteiger partial charge in [0.2, 0.25) is 0 Å². The molecule has 1 fully saturated rings. The SMILES string of the molecule is Cl.O=C(NCC1CNC1)c1cccc(CSc2cc(Cl)cc(Cl)c2)c1. The molecule has 134 valence electrons. The van der Waals surface area contributed by atoms with Crippen molar-refractivity contribution in [3.8, 4) is 0 Å². The fourth-order valence-electron chi connectivity index (χ4n) is 2.41. The monoisotopic (exact) mass is 416 g/mol. The highest BCUT2D eigenvalue weighted by Crippen LogP contribution is 2.29. The first-order chi connectivity index (χ1) is 11.6. The number of carbonyl (C=O) groups is 1. The minimum atomic E-state index is -0.0143. The summed E-state index contributed by atoms with van der Waals surface area (Å²) in [4.78, 5) is 13.2. The van der Waals surface area contributed by atoms with Crippen molar-refractivity contribution in [1.29, 1.82) is 0 Å². The summed E-state index contributed by atoms with van der Waals surface area (Å²) in [6.07, 6.45) is 0. The summed E-state index contributed by atoms with van der Waals surface area (Å²) in [6, 6.07) is 13.2. The number of halogens is 3. The second-order valence-corrected chi connectivity index (χ2v) is 7.75. The molecular formula is C18H19Cl3N2OS. The number of rotatable bonds is 6. The highest BCUT2D eigenvalue weighted by atomic mass is 35.5. The van der Waals surface area contributed by atoms with Gasteiger partial charge < -0.3 is 10.6 Å².